The number of carbonyl (C=O) groups is 3. The molecule has 3 aromatic rings. The molecule has 0 spiro atoms. The van der Waals surface area contributed by atoms with Gasteiger partial charge < -0.3 is 15.1 Å². The van der Waals surface area contributed by atoms with Crippen molar-refractivity contribution < 1.29 is 14.4 Å². The molecule has 1 heterocycles. The number of unbranched alkanes of at least 4 members (excludes halogenated alkanes) is 1. The molecular formula is C30H35N3O3. The molecule has 6 heteroatoms. The smallest absolute Gasteiger partial charge is 0.258 e. The number of nitrogens with one attached hydrogen (secondary N) is 1. The van der Waals surface area contributed by atoms with Crippen LogP contribution in [-0.2, 0) is 16.0 Å². The molecule has 0 saturated carbocycles. The van der Waals surface area contributed by atoms with Crippen molar-refractivity contribution in [2.24, 2.45) is 0 Å². The van der Waals surface area contributed by atoms with Crippen LogP contribution in [-0.4, -0.2) is 48.3 Å². The second-order valence-electron chi connectivity index (χ2n) is 9.38. The highest BCUT2D eigenvalue weighted by molar-refractivity contribution is 6.25. The molecule has 0 bridgehead atoms. The van der Waals surface area contributed by atoms with E-state index in [1.54, 1.807) is 16.7 Å². The maximum absolute atomic E-state index is 13.3. The van der Waals surface area contributed by atoms with Crippen LogP contribution in [0.4, 0.5) is 5.69 Å². The number of nitrogens with zero attached hydrogens (tertiary/aromatic N) is 2. The molecule has 1 aliphatic rings. The normalized spacial score (nSPS) is 13.2. The molecule has 0 fully saturated rings. The van der Waals surface area contributed by atoms with E-state index in [0.717, 1.165) is 40.4 Å². The van der Waals surface area contributed by atoms with Crippen molar-refractivity contribution in [3.05, 3.63) is 77.9 Å². The Labute approximate surface area is 213 Å². The van der Waals surface area contributed by atoms with E-state index in [-0.39, 0.29) is 24.1 Å². The predicted molar refractivity (Wildman–Crippen MR) is 144 cm³/mol. The molecule has 3 amide bonds. The first kappa shape index (κ1) is 25.4. The third-order valence-corrected chi connectivity index (χ3v) is 6.90. The van der Waals surface area contributed by atoms with Crippen LogP contribution in [0.3, 0.4) is 0 Å². The molecule has 0 radical (unpaired) electrons. The Morgan fingerprint density at radius 2 is 1.72 bits per heavy atom. The van der Waals surface area contributed by atoms with Crippen LogP contribution >= 0.6 is 0 Å². The van der Waals surface area contributed by atoms with E-state index in [2.05, 4.69) is 12.2 Å². The lowest BCUT2D eigenvalue weighted by atomic mass is 10.1. The van der Waals surface area contributed by atoms with Crippen LogP contribution in [0.5, 0.6) is 0 Å². The topological polar surface area (TPSA) is 69.7 Å². The molecule has 1 aliphatic heterocycles. The molecule has 36 heavy (non-hydrogen) atoms. The summed E-state index contributed by atoms with van der Waals surface area (Å²) in [5.74, 6) is -0.202. The SMILES string of the molecule is CCCCNC(=O)C(C)N(CCc1ccccc1)C(=O)CCCN1C(=O)c2cccc3cccc1c23. The molecule has 0 saturated heterocycles. The molecule has 188 valence electrons. The van der Waals surface area contributed by atoms with Gasteiger partial charge in [0.1, 0.15) is 6.04 Å². The van der Waals surface area contributed by atoms with Crippen molar-refractivity contribution in [3.8, 4) is 0 Å². The Kier molecular flexibility index (Phi) is 8.36. The van der Waals surface area contributed by atoms with E-state index >= 15 is 0 Å². The van der Waals surface area contributed by atoms with Gasteiger partial charge in [-0.05, 0) is 49.3 Å². The largest absolute Gasteiger partial charge is 0.354 e. The van der Waals surface area contributed by atoms with Crippen LogP contribution < -0.4 is 10.2 Å². The summed E-state index contributed by atoms with van der Waals surface area (Å²) in [5.41, 5.74) is 2.75. The van der Waals surface area contributed by atoms with Crippen LogP contribution in [0.25, 0.3) is 10.8 Å². The Morgan fingerprint density at radius 1 is 0.972 bits per heavy atom. The van der Waals surface area contributed by atoms with Gasteiger partial charge in [0, 0.05) is 37.0 Å². The lowest BCUT2D eigenvalue weighted by Gasteiger charge is -2.29. The van der Waals surface area contributed by atoms with Gasteiger partial charge in [0.2, 0.25) is 11.8 Å². The average Bonchev–Trinajstić information content (AvgIpc) is 3.17. The lowest BCUT2D eigenvalue weighted by Crippen LogP contribution is -2.49. The summed E-state index contributed by atoms with van der Waals surface area (Å²) in [6.45, 7) is 5.42. The summed E-state index contributed by atoms with van der Waals surface area (Å²) in [5, 5.41) is 4.99. The zero-order valence-corrected chi connectivity index (χ0v) is 21.2. The molecule has 0 aliphatic carbocycles. The molecule has 0 aromatic heterocycles. The summed E-state index contributed by atoms with van der Waals surface area (Å²) in [6.07, 6.45) is 3.40. The highest BCUT2D eigenvalue weighted by Gasteiger charge is 2.30. The van der Waals surface area contributed by atoms with Crippen molar-refractivity contribution in [3.63, 3.8) is 0 Å². The fraction of sp³-hybridized carbons (Fsp3) is 0.367. The molecular weight excluding hydrogens is 450 g/mol. The Balaban J connectivity index is 1.40. The maximum Gasteiger partial charge on any atom is 0.258 e. The van der Waals surface area contributed by atoms with Gasteiger partial charge in [0.05, 0.1) is 5.69 Å². The monoisotopic (exact) mass is 485 g/mol. The fourth-order valence-electron chi connectivity index (χ4n) is 4.84. The zero-order valence-electron chi connectivity index (χ0n) is 21.2. The van der Waals surface area contributed by atoms with Crippen molar-refractivity contribution in [1.82, 2.24) is 10.2 Å². The van der Waals surface area contributed by atoms with E-state index < -0.39 is 6.04 Å². The van der Waals surface area contributed by atoms with Crippen molar-refractivity contribution in [2.75, 3.05) is 24.5 Å². The second-order valence-corrected chi connectivity index (χ2v) is 9.38. The minimum atomic E-state index is -0.551. The van der Waals surface area contributed by atoms with Crippen molar-refractivity contribution >= 4 is 34.2 Å². The van der Waals surface area contributed by atoms with Gasteiger partial charge in [-0.15, -0.1) is 0 Å². The third-order valence-electron chi connectivity index (χ3n) is 6.90. The molecule has 3 aromatic carbocycles. The summed E-state index contributed by atoms with van der Waals surface area (Å²) in [7, 11) is 0. The number of benzene rings is 3. The van der Waals surface area contributed by atoms with E-state index in [4.69, 9.17) is 0 Å². The molecule has 6 nitrogen and oxygen atoms in total. The van der Waals surface area contributed by atoms with Gasteiger partial charge in [-0.2, -0.15) is 0 Å². The Morgan fingerprint density at radius 3 is 2.47 bits per heavy atom. The van der Waals surface area contributed by atoms with Gasteiger partial charge in [0.15, 0.2) is 0 Å². The average molecular weight is 486 g/mol. The molecule has 4 rings (SSSR count). The highest BCUT2D eigenvalue weighted by Crippen LogP contribution is 2.37. The Bertz CT molecular complexity index is 1220. The first-order valence-corrected chi connectivity index (χ1v) is 13.0. The van der Waals surface area contributed by atoms with Gasteiger partial charge in [-0.25, -0.2) is 0 Å². The predicted octanol–water partition coefficient (Wildman–Crippen LogP) is 4.96. The van der Waals surface area contributed by atoms with Gasteiger partial charge in [-0.3, -0.25) is 14.4 Å². The molecule has 1 atom stereocenters. The van der Waals surface area contributed by atoms with Gasteiger partial charge >= 0.3 is 0 Å². The molecule has 1 unspecified atom stereocenters. The standard InChI is InChI=1S/C30H35N3O3/c1-3-4-19-31-29(35)22(2)32(21-18-23-11-6-5-7-12-23)27(34)17-10-20-33-26-16-9-14-24-13-8-15-25(28(24)26)30(33)36/h5-9,11-16,22H,3-4,10,17-21H2,1-2H3,(H,31,35). The van der Waals surface area contributed by atoms with E-state index in [0.29, 0.717) is 32.5 Å². The van der Waals surface area contributed by atoms with Gasteiger partial charge in [0.25, 0.3) is 5.91 Å². The number of hydrogen-bond donors (Lipinski definition) is 1. The number of amides is 3. The van der Waals surface area contributed by atoms with E-state index in [9.17, 15) is 14.4 Å². The first-order valence-electron chi connectivity index (χ1n) is 13.0. The number of rotatable bonds is 12. The van der Waals surface area contributed by atoms with Crippen LogP contribution in [0.15, 0.2) is 66.7 Å². The summed E-state index contributed by atoms with van der Waals surface area (Å²) < 4.78 is 0. The number of carbonyl (C=O) groups excluding carboxylic acids is 3. The van der Waals surface area contributed by atoms with Crippen LogP contribution in [0, 0.1) is 0 Å². The lowest BCUT2D eigenvalue weighted by molar-refractivity contribution is -0.139. The minimum Gasteiger partial charge on any atom is -0.354 e. The summed E-state index contributed by atoms with van der Waals surface area (Å²) in [4.78, 5) is 42.6. The zero-order chi connectivity index (χ0) is 25.5. The second kappa shape index (κ2) is 11.8. The minimum absolute atomic E-state index is 0.0150. The van der Waals surface area contributed by atoms with E-state index in [1.165, 1.54) is 0 Å². The van der Waals surface area contributed by atoms with Gasteiger partial charge in [-0.1, -0.05) is 67.9 Å². The van der Waals surface area contributed by atoms with Crippen molar-refractivity contribution in [2.45, 2.75) is 52.0 Å². The third kappa shape index (κ3) is 5.59. The fourth-order valence-corrected chi connectivity index (χ4v) is 4.84. The van der Waals surface area contributed by atoms with Crippen molar-refractivity contribution in [1.29, 1.82) is 0 Å². The highest BCUT2D eigenvalue weighted by atomic mass is 16.2. The number of anilines is 1. The van der Waals surface area contributed by atoms with E-state index in [1.807, 2.05) is 66.7 Å². The first-order chi connectivity index (χ1) is 17.5. The Hall–Kier alpha value is -3.67. The summed E-state index contributed by atoms with van der Waals surface area (Å²) in [6, 6.07) is 21.2. The van der Waals surface area contributed by atoms with Crippen LogP contribution in [0.1, 0.15) is 55.5 Å². The number of hydrogen-bond acceptors (Lipinski definition) is 3. The van der Waals surface area contributed by atoms with Crippen LogP contribution in [0.2, 0.25) is 0 Å². The summed E-state index contributed by atoms with van der Waals surface area (Å²) >= 11 is 0. The quantitative estimate of drug-likeness (QED) is 0.369. The molecule has 1 N–H and O–H groups in total. The maximum atomic E-state index is 13.3.